The predicted molar refractivity (Wildman–Crippen MR) is 87.0 cm³/mol. The molecule has 0 radical (unpaired) electrons. The fourth-order valence-electron chi connectivity index (χ4n) is 2.33. The number of amides is 1. The number of fused-ring (bicyclic) bond motifs is 1. The van der Waals surface area contributed by atoms with E-state index in [1.807, 2.05) is 6.92 Å². The summed E-state index contributed by atoms with van der Waals surface area (Å²) in [5.74, 6) is -0.609. The standard InChI is InChI=1S/C16H14F3N5O2/c1-9-12-5-10(6-21-14(12)24(2)23-9)15(25)22-11-3-4-13(20-7-11)26-8-16(17,18)19/h3-7H,8H2,1-2H3,(H,22,25). The van der Waals surface area contributed by atoms with Crippen molar-refractivity contribution in [1.82, 2.24) is 19.7 Å². The molecule has 3 aromatic rings. The number of carbonyl (C=O) groups excluding carboxylic acids is 1. The van der Waals surface area contributed by atoms with Crippen LogP contribution in [-0.4, -0.2) is 38.4 Å². The van der Waals surface area contributed by atoms with Crippen molar-refractivity contribution >= 4 is 22.6 Å². The van der Waals surface area contributed by atoms with Gasteiger partial charge in [0.2, 0.25) is 5.88 Å². The number of pyridine rings is 2. The van der Waals surface area contributed by atoms with Crippen LogP contribution in [0.3, 0.4) is 0 Å². The summed E-state index contributed by atoms with van der Waals surface area (Å²) >= 11 is 0. The van der Waals surface area contributed by atoms with Gasteiger partial charge >= 0.3 is 6.18 Å². The molecular formula is C16H14F3N5O2. The number of hydrogen-bond donors (Lipinski definition) is 1. The Morgan fingerprint density at radius 2 is 2.04 bits per heavy atom. The fraction of sp³-hybridized carbons (Fsp3) is 0.250. The van der Waals surface area contributed by atoms with E-state index in [0.29, 0.717) is 16.9 Å². The Hall–Kier alpha value is -3.17. The third-order valence-electron chi connectivity index (χ3n) is 3.50. The van der Waals surface area contributed by atoms with Gasteiger partial charge in [-0.2, -0.15) is 18.3 Å². The highest BCUT2D eigenvalue weighted by Crippen LogP contribution is 2.19. The Labute approximate surface area is 145 Å². The van der Waals surface area contributed by atoms with Crippen LogP contribution < -0.4 is 10.1 Å². The molecule has 0 aliphatic rings. The van der Waals surface area contributed by atoms with Gasteiger partial charge in [0.1, 0.15) is 0 Å². The minimum Gasteiger partial charge on any atom is -0.468 e. The Kier molecular flexibility index (Phi) is 4.49. The van der Waals surface area contributed by atoms with Gasteiger partial charge in [-0.25, -0.2) is 9.97 Å². The van der Waals surface area contributed by atoms with Crippen LogP contribution in [0.4, 0.5) is 18.9 Å². The average Bonchev–Trinajstić information content (AvgIpc) is 2.87. The van der Waals surface area contributed by atoms with Crippen molar-refractivity contribution in [3.63, 3.8) is 0 Å². The Bertz CT molecular complexity index is 951. The molecule has 0 fully saturated rings. The van der Waals surface area contributed by atoms with Gasteiger partial charge in [0.05, 0.1) is 23.1 Å². The van der Waals surface area contributed by atoms with Crippen LogP contribution in [-0.2, 0) is 7.05 Å². The summed E-state index contributed by atoms with van der Waals surface area (Å²) in [4.78, 5) is 20.3. The van der Waals surface area contributed by atoms with Gasteiger partial charge < -0.3 is 10.1 Å². The number of rotatable bonds is 4. The van der Waals surface area contributed by atoms with Crippen LogP contribution in [0.5, 0.6) is 5.88 Å². The monoisotopic (exact) mass is 365 g/mol. The number of aromatic nitrogens is 4. The van der Waals surface area contributed by atoms with Gasteiger partial charge in [0.15, 0.2) is 12.3 Å². The normalized spacial score (nSPS) is 11.6. The lowest BCUT2D eigenvalue weighted by Gasteiger charge is -2.09. The van der Waals surface area contributed by atoms with Gasteiger partial charge in [-0.1, -0.05) is 0 Å². The molecule has 26 heavy (non-hydrogen) atoms. The first-order chi connectivity index (χ1) is 12.2. The summed E-state index contributed by atoms with van der Waals surface area (Å²) < 4.78 is 42.4. The van der Waals surface area contributed by atoms with Crippen LogP contribution >= 0.6 is 0 Å². The van der Waals surface area contributed by atoms with E-state index in [4.69, 9.17) is 0 Å². The first kappa shape index (κ1) is 17.6. The lowest BCUT2D eigenvalue weighted by Crippen LogP contribution is -2.19. The molecule has 7 nitrogen and oxygen atoms in total. The first-order valence-electron chi connectivity index (χ1n) is 7.49. The largest absolute Gasteiger partial charge is 0.468 e. The van der Waals surface area contributed by atoms with E-state index in [2.05, 4.69) is 25.1 Å². The number of nitrogens with zero attached hydrogens (tertiary/aromatic N) is 4. The maximum Gasteiger partial charge on any atom is 0.422 e. The Morgan fingerprint density at radius 3 is 2.69 bits per heavy atom. The third kappa shape index (κ3) is 3.90. The summed E-state index contributed by atoms with van der Waals surface area (Å²) in [6, 6.07) is 4.32. The number of ether oxygens (including phenoxy) is 1. The van der Waals surface area contributed by atoms with Crippen molar-refractivity contribution in [2.45, 2.75) is 13.1 Å². The highest BCUT2D eigenvalue weighted by Gasteiger charge is 2.28. The molecule has 0 saturated carbocycles. The van der Waals surface area contributed by atoms with E-state index in [1.54, 1.807) is 17.8 Å². The van der Waals surface area contributed by atoms with E-state index in [1.165, 1.54) is 24.5 Å². The van der Waals surface area contributed by atoms with Crippen LogP contribution in [0, 0.1) is 6.92 Å². The summed E-state index contributed by atoms with van der Waals surface area (Å²) in [7, 11) is 1.76. The molecule has 136 valence electrons. The number of nitrogens with one attached hydrogen (secondary N) is 1. The molecule has 0 saturated heterocycles. The number of carbonyl (C=O) groups is 1. The SMILES string of the molecule is Cc1nn(C)c2ncc(C(=O)Nc3ccc(OCC(F)(F)F)nc3)cc12. The summed E-state index contributed by atoms with van der Waals surface area (Å²) in [6.45, 7) is 0.386. The highest BCUT2D eigenvalue weighted by molar-refractivity contribution is 6.05. The van der Waals surface area contributed by atoms with Gasteiger partial charge in [-0.3, -0.25) is 9.48 Å². The van der Waals surface area contributed by atoms with Gasteiger partial charge in [0.25, 0.3) is 5.91 Å². The molecule has 3 rings (SSSR count). The number of aryl methyl sites for hydroxylation is 2. The molecule has 3 aromatic heterocycles. The number of hydrogen-bond acceptors (Lipinski definition) is 5. The molecular weight excluding hydrogens is 351 g/mol. The van der Waals surface area contributed by atoms with Gasteiger partial charge in [-0.15, -0.1) is 0 Å². The molecule has 0 unspecified atom stereocenters. The zero-order chi connectivity index (χ0) is 18.9. The zero-order valence-corrected chi connectivity index (χ0v) is 13.8. The minimum absolute atomic E-state index is 0.186. The number of alkyl halides is 3. The van der Waals surface area contributed by atoms with Crippen molar-refractivity contribution in [2.75, 3.05) is 11.9 Å². The Balaban J connectivity index is 1.70. The molecule has 10 heteroatoms. The first-order valence-corrected chi connectivity index (χ1v) is 7.49. The molecule has 0 aliphatic carbocycles. The van der Waals surface area contributed by atoms with E-state index in [-0.39, 0.29) is 5.88 Å². The minimum atomic E-state index is -4.44. The highest BCUT2D eigenvalue weighted by atomic mass is 19.4. The maximum atomic E-state index is 12.3. The molecule has 0 aromatic carbocycles. The number of halogens is 3. The van der Waals surface area contributed by atoms with E-state index >= 15 is 0 Å². The second-order valence-corrected chi connectivity index (χ2v) is 5.55. The second-order valence-electron chi connectivity index (χ2n) is 5.55. The topological polar surface area (TPSA) is 81.9 Å². The molecule has 1 amide bonds. The van der Waals surface area contributed by atoms with E-state index in [0.717, 1.165) is 11.1 Å². The lowest BCUT2D eigenvalue weighted by molar-refractivity contribution is -0.154. The van der Waals surface area contributed by atoms with Crippen molar-refractivity contribution in [1.29, 1.82) is 0 Å². The number of anilines is 1. The van der Waals surface area contributed by atoms with Gasteiger partial charge in [-0.05, 0) is 19.1 Å². The van der Waals surface area contributed by atoms with Crippen LogP contribution in [0.2, 0.25) is 0 Å². The third-order valence-corrected chi connectivity index (χ3v) is 3.50. The van der Waals surface area contributed by atoms with Crippen molar-refractivity contribution in [3.05, 3.63) is 41.9 Å². The maximum absolute atomic E-state index is 12.3. The summed E-state index contributed by atoms with van der Waals surface area (Å²) in [6.07, 6.45) is -1.80. The Morgan fingerprint density at radius 1 is 1.27 bits per heavy atom. The van der Waals surface area contributed by atoms with E-state index < -0.39 is 18.7 Å². The molecule has 0 bridgehead atoms. The summed E-state index contributed by atoms with van der Waals surface area (Å²) in [5, 5.41) is 7.60. The van der Waals surface area contributed by atoms with Crippen LogP contribution in [0.15, 0.2) is 30.6 Å². The molecule has 0 spiro atoms. The van der Waals surface area contributed by atoms with E-state index in [9.17, 15) is 18.0 Å². The average molecular weight is 365 g/mol. The van der Waals surface area contributed by atoms with Crippen LogP contribution in [0.1, 0.15) is 16.1 Å². The smallest absolute Gasteiger partial charge is 0.422 e. The lowest BCUT2D eigenvalue weighted by atomic mass is 10.2. The van der Waals surface area contributed by atoms with Crippen molar-refractivity contribution in [3.8, 4) is 5.88 Å². The van der Waals surface area contributed by atoms with Crippen molar-refractivity contribution in [2.24, 2.45) is 7.05 Å². The van der Waals surface area contributed by atoms with Crippen LogP contribution in [0.25, 0.3) is 11.0 Å². The predicted octanol–water partition coefficient (Wildman–Crippen LogP) is 2.87. The molecule has 0 aliphatic heterocycles. The second kappa shape index (κ2) is 6.62. The summed E-state index contributed by atoms with van der Waals surface area (Å²) in [5.41, 5.74) is 2.05. The zero-order valence-electron chi connectivity index (χ0n) is 13.8. The molecule has 0 atom stereocenters. The molecule has 1 N–H and O–H groups in total. The molecule has 3 heterocycles. The van der Waals surface area contributed by atoms with Crippen molar-refractivity contribution < 1.29 is 22.7 Å². The van der Waals surface area contributed by atoms with Gasteiger partial charge in [0, 0.05) is 24.7 Å². The fourth-order valence-corrected chi connectivity index (χ4v) is 2.33. The quantitative estimate of drug-likeness (QED) is 0.769.